The Labute approximate surface area is 132 Å². The molecule has 21 heavy (non-hydrogen) atoms. The smallest absolute Gasteiger partial charge is 0.141 e. The van der Waals surface area contributed by atoms with Crippen LogP contribution in [0.1, 0.15) is 24.1 Å². The van der Waals surface area contributed by atoms with Crippen molar-refractivity contribution in [3.63, 3.8) is 0 Å². The maximum Gasteiger partial charge on any atom is 0.141 e. The van der Waals surface area contributed by atoms with Crippen molar-refractivity contribution >= 4 is 21.7 Å². The highest BCUT2D eigenvalue weighted by Crippen LogP contribution is 2.23. The second kappa shape index (κ2) is 6.96. The van der Waals surface area contributed by atoms with Crippen molar-refractivity contribution in [3.8, 4) is 0 Å². The molecule has 0 aliphatic heterocycles. The minimum absolute atomic E-state index is 0.0462. The molecule has 0 saturated carbocycles. The SMILES string of the molecule is CC(C(=O)Cc1ccc(F)c(Br)c1)C(N)c1ccccc1. The molecule has 0 aliphatic carbocycles. The minimum atomic E-state index is -0.333. The number of halogens is 2. The van der Waals surface area contributed by atoms with Gasteiger partial charge in [0.15, 0.2) is 0 Å². The maximum absolute atomic E-state index is 13.2. The Morgan fingerprint density at radius 1 is 1.24 bits per heavy atom. The zero-order valence-electron chi connectivity index (χ0n) is 11.7. The largest absolute Gasteiger partial charge is 0.323 e. The van der Waals surface area contributed by atoms with Gasteiger partial charge in [-0.05, 0) is 39.2 Å². The van der Waals surface area contributed by atoms with Crippen LogP contribution >= 0.6 is 15.9 Å². The second-order valence-corrected chi connectivity index (χ2v) is 5.97. The first kappa shape index (κ1) is 15.9. The lowest BCUT2D eigenvalue weighted by Crippen LogP contribution is -2.27. The normalized spacial score (nSPS) is 13.7. The van der Waals surface area contributed by atoms with Crippen molar-refractivity contribution in [3.05, 3.63) is 69.9 Å². The van der Waals surface area contributed by atoms with Crippen LogP contribution in [0.5, 0.6) is 0 Å². The highest BCUT2D eigenvalue weighted by molar-refractivity contribution is 9.10. The van der Waals surface area contributed by atoms with Crippen LogP contribution in [0.15, 0.2) is 53.0 Å². The summed E-state index contributed by atoms with van der Waals surface area (Å²) in [5.41, 5.74) is 7.88. The number of hydrogen-bond donors (Lipinski definition) is 1. The molecule has 2 nitrogen and oxygen atoms in total. The topological polar surface area (TPSA) is 43.1 Å². The van der Waals surface area contributed by atoms with Crippen LogP contribution < -0.4 is 5.73 Å². The molecular weight excluding hydrogens is 333 g/mol. The van der Waals surface area contributed by atoms with Crippen molar-refractivity contribution in [1.29, 1.82) is 0 Å². The first-order chi connectivity index (χ1) is 9.99. The van der Waals surface area contributed by atoms with Crippen LogP contribution in [0.2, 0.25) is 0 Å². The summed E-state index contributed by atoms with van der Waals surface area (Å²) in [7, 11) is 0. The molecule has 2 rings (SSSR count). The predicted octanol–water partition coefficient (Wildman–Crippen LogP) is 4.04. The van der Waals surface area contributed by atoms with Crippen molar-refractivity contribution in [1.82, 2.24) is 0 Å². The molecule has 4 heteroatoms. The number of Topliss-reactive ketones (excluding diaryl/α,β-unsaturated/α-hetero) is 1. The van der Waals surface area contributed by atoms with Crippen molar-refractivity contribution in [2.24, 2.45) is 11.7 Å². The third-order valence-corrected chi connectivity index (χ3v) is 4.20. The number of benzene rings is 2. The molecule has 2 N–H and O–H groups in total. The third-order valence-electron chi connectivity index (χ3n) is 3.59. The van der Waals surface area contributed by atoms with Crippen LogP contribution in [-0.2, 0) is 11.2 Å². The van der Waals surface area contributed by atoms with Crippen LogP contribution in [0.4, 0.5) is 4.39 Å². The van der Waals surface area contributed by atoms with Crippen molar-refractivity contribution in [2.75, 3.05) is 0 Å². The Hall–Kier alpha value is -1.52. The Bertz CT molecular complexity index is 630. The number of nitrogens with two attached hydrogens (primary N) is 1. The quantitative estimate of drug-likeness (QED) is 0.885. The van der Waals surface area contributed by atoms with E-state index >= 15 is 0 Å². The van der Waals surface area contributed by atoms with Crippen LogP contribution in [0.25, 0.3) is 0 Å². The second-order valence-electron chi connectivity index (χ2n) is 5.12. The van der Waals surface area contributed by atoms with E-state index in [-0.39, 0.29) is 30.0 Å². The molecule has 2 atom stereocenters. The van der Waals surface area contributed by atoms with E-state index in [4.69, 9.17) is 5.73 Å². The van der Waals surface area contributed by atoms with Gasteiger partial charge in [-0.3, -0.25) is 4.79 Å². The van der Waals surface area contributed by atoms with E-state index in [0.717, 1.165) is 11.1 Å². The van der Waals surface area contributed by atoms with E-state index < -0.39 is 0 Å². The predicted molar refractivity (Wildman–Crippen MR) is 85.3 cm³/mol. The molecule has 2 aromatic rings. The van der Waals surface area contributed by atoms with E-state index in [9.17, 15) is 9.18 Å². The van der Waals surface area contributed by atoms with Crippen LogP contribution in [0.3, 0.4) is 0 Å². The molecule has 2 unspecified atom stereocenters. The first-order valence-electron chi connectivity index (χ1n) is 6.76. The lowest BCUT2D eigenvalue weighted by molar-refractivity contribution is -0.122. The van der Waals surface area contributed by atoms with E-state index in [1.54, 1.807) is 12.1 Å². The molecule has 0 saturated heterocycles. The average Bonchev–Trinajstić information content (AvgIpc) is 2.50. The number of carbonyl (C=O) groups excluding carboxylic acids is 1. The summed E-state index contributed by atoms with van der Waals surface area (Å²) >= 11 is 3.13. The van der Waals surface area contributed by atoms with E-state index in [1.165, 1.54) is 6.07 Å². The Morgan fingerprint density at radius 3 is 2.52 bits per heavy atom. The van der Waals surface area contributed by atoms with Gasteiger partial charge in [0.2, 0.25) is 0 Å². The first-order valence-corrected chi connectivity index (χ1v) is 7.55. The fourth-order valence-electron chi connectivity index (χ4n) is 2.18. The number of hydrogen-bond acceptors (Lipinski definition) is 2. The fraction of sp³-hybridized carbons (Fsp3) is 0.235. The van der Waals surface area contributed by atoms with Crippen molar-refractivity contribution < 1.29 is 9.18 Å². The highest BCUT2D eigenvalue weighted by atomic mass is 79.9. The molecule has 110 valence electrons. The minimum Gasteiger partial charge on any atom is -0.323 e. The molecule has 2 aromatic carbocycles. The number of carbonyl (C=O) groups is 1. The summed E-state index contributed by atoms with van der Waals surface area (Å²) in [6.07, 6.45) is 0.251. The van der Waals surface area contributed by atoms with Crippen LogP contribution in [-0.4, -0.2) is 5.78 Å². The maximum atomic E-state index is 13.2. The van der Waals surface area contributed by atoms with Gasteiger partial charge in [-0.15, -0.1) is 0 Å². The average molecular weight is 350 g/mol. The van der Waals surface area contributed by atoms with E-state index in [2.05, 4.69) is 15.9 Å². The number of ketones is 1. The summed E-state index contributed by atoms with van der Waals surface area (Å²) < 4.78 is 13.6. The Kier molecular flexibility index (Phi) is 5.26. The van der Waals surface area contributed by atoms with E-state index in [1.807, 2.05) is 37.3 Å². The molecule has 0 bridgehead atoms. The highest BCUT2D eigenvalue weighted by Gasteiger charge is 2.22. The molecule has 0 fully saturated rings. The third kappa shape index (κ3) is 3.99. The van der Waals surface area contributed by atoms with Gasteiger partial charge in [-0.1, -0.05) is 43.3 Å². The van der Waals surface area contributed by atoms with Gasteiger partial charge >= 0.3 is 0 Å². The molecule has 0 spiro atoms. The molecule has 0 aliphatic rings. The molecule has 0 amide bonds. The van der Waals surface area contributed by atoms with Gasteiger partial charge in [-0.2, -0.15) is 0 Å². The zero-order chi connectivity index (χ0) is 15.4. The molecule has 0 aromatic heterocycles. The summed E-state index contributed by atoms with van der Waals surface area (Å²) in [5.74, 6) is -0.582. The van der Waals surface area contributed by atoms with Gasteiger partial charge in [0.25, 0.3) is 0 Å². The van der Waals surface area contributed by atoms with E-state index in [0.29, 0.717) is 4.47 Å². The lowest BCUT2D eigenvalue weighted by atomic mass is 9.89. The molecule has 0 heterocycles. The molecular formula is C17H17BrFNO. The monoisotopic (exact) mass is 349 g/mol. The fourth-order valence-corrected chi connectivity index (χ4v) is 2.60. The van der Waals surface area contributed by atoms with Gasteiger partial charge in [0, 0.05) is 18.4 Å². The van der Waals surface area contributed by atoms with Gasteiger partial charge in [0.1, 0.15) is 11.6 Å². The Morgan fingerprint density at radius 2 is 1.90 bits per heavy atom. The summed E-state index contributed by atoms with van der Waals surface area (Å²) in [4.78, 5) is 12.3. The summed E-state index contributed by atoms with van der Waals surface area (Å²) in [6.45, 7) is 1.83. The van der Waals surface area contributed by atoms with Gasteiger partial charge in [-0.25, -0.2) is 4.39 Å². The van der Waals surface area contributed by atoms with Crippen LogP contribution in [0, 0.1) is 11.7 Å². The van der Waals surface area contributed by atoms with Crippen molar-refractivity contribution in [2.45, 2.75) is 19.4 Å². The molecule has 0 radical (unpaired) electrons. The lowest BCUT2D eigenvalue weighted by Gasteiger charge is -2.19. The Balaban J connectivity index is 2.07. The zero-order valence-corrected chi connectivity index (χ0v) is 13.3. The van der Waals surface area contributed by atoms with Gasteiger partial charge < -0.3 is 5.73 Å². The summed E-state index contributed by atoms with van der Waals surface area (Å²) in [6, 6.07) is 13.8. The summed E-state index contributed by atoms with van der Waals surface area (Å²) in [5, 5.41) is 0. The van der Waals surface area contributed by atoms with Gasteiger partial charge in [0.05, 0.1) is 4.47 Å². The number of rotatable bonds is 5. The standard InChI is InChI=1S/C17H17BrFNO/c1-11(17(20)13-5-3-2-4-6-13)16(21)10-12-7-8-15(19)14(18)9-12/h2-9,11,17H,10,20H2,1H3.